The largest absolute Gasteiger partial charge is 0.395 e. The van der Waals surface area contributed by atoms with Crippen LogP contribution < -0.4 is 5.73 Å². The number of carbonyl (C=O) groups is 1. The minimum Gasteiger partial charge on any atom is -0.395 e. The Labute approximate surface area is 114 Å². The average Bonchev–Trinajstić information content (AvgIpc) is 2.63. The van der Waals surface area contributed by atoms with Gasteiger partial charge in [-0.05, 0) is 27.7 Å². The molecule has 0 radical (unpaired) electrons. The Morgan fingerprint density at radius 1 is 1.53 bits per heavy atom. The Balaban J connectivity index is 2.76. The molecule has 2 N–H and O–H groups in total. The van der Waals surface area contributed by atoms with Crippen LogP contribution in [0.1, 0.15) is 37.0 Å². The first kappa shape index (κ1) is 15.5. The molecular formula is C13H24N4O2. The number of carbonyl (C=O) groups excluding carboxylic acids is 1. The van der Waals surface area contributed by atoms with Crippen molar-refractivity contribution in [1.29, 1.82) is 0 Å². The number of nitrogen functional groups attached to an aromatic ring is 1. The number of nitrogens with zero attached hydrogens (tertiary/aromatic N) is 3. The summed E-state index contributed by atoms with van der Waals surface area (Å²) in [5, 5.41) is 4.25. The van der Waals surface area contributed by atoms with Crippen LogP contribution in [0.5, 0.6) is 0 Å². The summed E-state index contributed by atoms with van der Waals surface area (Å²) in [6.45, 7) is 9.34. The van der Waals surface area contributed by atoms with Crippen LogP contribution in [0.25, 0.3) is 0 Å². The molecule has 1 aromatic heterocycles. The lowest BCUT2D eigenvalue weighted by molar-refractivity contribution is 0.0526. The molecule has 1 aromatic rings. The number of amides is 1. The molecule has 0 aromatic carbocycles. The highest BCUT2D eigenvalue weighted by Gasteiger charge is 2.22. The van der Waals surface area contributed by atoms with E-state index in [4.69, 9.17) is 10.5 Å². The van der Waals surface area contributed by atoms with E-state index in [0.29, 0.717) is 36.8 Å². The molecule has 6 nitrogen and oxygen atoms in total. The normalized spacial score (nSPS) is 11.1. The topological polar surface area (TPSA) is 73.4 Å². The predicted molar refractivity (Wildman–Crippen MR) is 75.1 cm³/mol. The zero-order valence-electron chi connectivity index (χ0n) is 12.4. The second-order valence-corrected chi connectivity index (χ2v) is 4.81. The maximum atomic E-state index is 12.4. The number of aryl methyl sites for hydroxylation is 2. The molecule has 1 rings (SSSR count). The molecule has 0 saturated carbocycles. The monoisotopic (exact) mass is 268 g/mol. The Bertz CT molecular complexity index is 440. The van der Waals surface area contributed by atoms with Gasteiger partial charge in [0.25, 0.3) is 5.91 Å². The highest BCUT2D eigenvalue weighted by Crippen LogP contribution is 2.17. The van der Waals surface area contributed by atoms with E-state index in [9.17, 15) is 4.79 Å². The first-order valence-electron chi connectivity index (χ1n) is 6.58. The van der Waals surface area contributed by atoms with Gasteiger partial charge in [-0.1, -0.05) is 0 Å². The van der Waals surface area contributed by atoms with Crippen molar-refractivity contribution < 1.29 is 9.53 Å². The summed E-state index contributed by atoms with van der Waals surface area (Å²) >= 11 is 0. The molecule has 6 heteroatoms. The van der Waals surface area contributed by atoms with Crippen LogP contribution in [-0.4, -0.2) is 46.9 Å². The Morgan fingerprint density at radius 2 is 2.16 bits per heavy atom. The molecule has 0 aliphatic heterocycles. The Morgan fingerprint density at radius 3 is 2.68 bits per heavy atom. The lowest BCUT2D eigenvalue weighted by atomic mass is 10.2. The van der Waals surface area contributed by atoms with Gasteiger partial charge in [-0.25, -0.2) is 0 Å². The van der Waals surface area contributed by atoms with Crippen LogP contribution in [0.3, 0.4) is 0 Å². The van der Waals surface area contributed by atoms with Gasteiger partial charge < -0.3 is 15.4 Å². The third kappa shape index (κ3) is 3.70. The van der Waals surface area contributed by atoms with Crippen molar-refractivity contribution >= 4 is 11.6 Å². The van der Waals surface area contributed by atoms with Gasteiger partial charge in [-0.3, -0.25) is 9.48 Å². The summed E-state index contributed by atoms with van der Waals surface area (Å²) in [5.41, 5.74) is 7.55. The van der Waals surface area contributed by atoms with E-state index in [-0.39, 0.29) is 12.0 Å². The third-order valence-corrected chi connectivity index (χ3v) is 2.90. The van der Waals surface area contributed by atoms with Crippen LogP contribution in [0.4, 0.5) is 5.69 Å². The highest BCUT2D eigenvalue weighted by atomic mass is 16.5. The number of hydrogen-bond donors (Lipinski definition) is 1. The summed E-state index contributed by atoms with van der Waals surface area (Å²) in [5.74, 6) is -0.118. The van der Waals surface area contributed by atoms with Crippen molar-refractivity contribution in [3.63, 3.8) is 0 Å². The van der Waals surface area contributed by atoms with E-state index in [2.05, 4.69) is 5.10 Å². The fraction of sp³-hybridized carbons (Fsp3) is 0.692. The molecule has 0 aliphatic carbocycles. The highest BCUT2D eigenvalue weighted by molar-refractivity contribution is 5.97. The molecule has 0 saturated heterocycles. The van der Waals surface area contributed by atoms with Gasteiger partial charge in [-0.2, -0.15) is 5.10 Å². The molecule has 19 heavy (non-hydrogen) atoms. The molecule has 0 spiro atoms. The van der Waals surface area contributed by atoms with Gasteiger partial charge in [0.1, 0.15) is 5.69 Å². The first-order chi connectivity index (χ1) is 8.88. The molecule has 0 fully saturated rings. The zero-order valence-corrected chi connectivity index (χ0v) is 12.4. The number of aromatic nitrogens is 2. The molecule has 0 bridgehead atoms. The van der Waals surface area contributed by atoms with Crippen molar-refractivity contribution in [2.75, 3.05) is 25.9 Å². The van der Waals surface area contributed by atoms with E-state index in [1.165, 1.54) is 0 Å². The second-order valence-electron chi connectivity index (χ2n) is 4.81. The van der Waals surface area contributed by atoms with Gasteiger partial charge in [0.2, 0.25) is 0 Å². The van der Waals surface area contributed by atoms with Crippen molar-refractivity contribution in [1.82, 2.24) is 14.7 Å². The summed E-state index contributed by atoms with van der Waals surface area (Å²) in [6, 6.07) is 0. The van der Waals surface area contributed by atoms with Crippen LogP contribution in [0, 0.1) is 6.92 Å². The van der Waals surface area contributed by atoms with Crippen molar-refractivity contribution in [2.24, 2.45) is 0 Å². The lowest BCUT2D eigenvalue weighted by Gasteiger charge is -2.18. The van der Waals surface area contributed by atoms with Gasteiger partial charge in [0.15, 0.2) is 0 Å². The van der Waals surface area contributed by atoms with E-state index in [1.54, 1.807) is 23.6 Å². The van der Waals surface area contributed by atoms with Crippen LogP contribution in [-0.2, 0) is 11.3 Å². The van der Waals surface area contributed by atoms with E-state index in [0.717, 1.165) is 0 Å². The molecule has 1 amide bonds. The van der Waals surface area contributed by atoms with Gasteiger partial charge in [0, 0.05) is 20.1 Å². The Hall–Kier alpha value is -1.56. The van der Waals surface area contributed by atoms with Crippen LogP contribution in [0.2, 0.25) is 0 Å². The first-order valence-corrected chi connectivity index (χ1v) is 6.58. The minimum absolute atomic E-state index is 0.118. The fourth-order valence-corrected chi connectivity index (χ4v) is 1.76. The smallest absolute Gasteiger partial charge is 0.274 e. The fourth-order valence-electron chi connectivity index (χ4n) is 1.76. The molecule has 1 heterocycles. The summed E-state index contributed by atoms with van der Waals surface area (Å²) < 4.78 is 7.09. The van der Waals surface area contributed by atoms with E-state index < -0.39 is 0 Å². The van der Waals surface area contributed by atoms with E-state index >= 15 is 0 Å². The molecule has 108 valence electrons. The number of likely N-dealkylation sites (N-methyl/N-ethyl adjacent to an activating group) is 1. The number of anilines is 1. The molecule has 0 atom stereocenters. The van der Waals surface area contributed by atoms with Crippen molar-refractivity contribution in [2.45, 2.75) is 40.3 Å². The van der Waals surface area contributed by atoms with Crippen molar-refractivity contribution in [3.8, 4) is 0 Å². The second kappa shape index (κ2) is 6.56. The zero-order chi connectivity index (χ0) is 14.6. The standard InChI is InChI=1S/C13H24N4O2/c1-6-17-12(11(14)10(4)15-17)13(18)16(5)7-8-19-9(2)3/h9H,6-8,14H2,1-5H3. The van der Waals surface area contributed by atoms with Crippen molar-refractivity contribution in [3.05, 3.63) is 11.4 Å². The van der Waals surface area contributed by atoms with Gasteiger partial charge >= 0.3 is 0 Å². The number of nitrogens with two attached hydrogens (primary N) is 1. The predicted octanol–water partition coefficient (Wildman–Crippen LogP) is 1.29. The summed E-state index contributed by atoms with van der Waals surface area (Å²) in [4.78, 5) is 14.0. The quantitative estimate of drug-likeness (QED) is 0.843. The number of rotatable bonds is 6. The minimum atomic E-state index is -0.118. The SMILES string of the molecule is CCn1nc(C)c(N)c1C(=O)N(C)CCOC(C)C. The summed E-state index contributed by atoms with van der Waals surface area (Å²) in [7, 11) is 1.74. The number of ether oxygens (including phenoxy) is 1. The van der Waals surface area contributed by atoms with Gasteiger partial charge in [0.05, 0.1) is 24.1 Å². The molecule has 0 unspecified atom stereocenters. The summed E-state index contributed by atoms with van der Waals surface area (Å²) in [6.07, 6.45) is 0.164. The molecular weight excluding hydrogens is 244 g/mol. The maximum absolute atomic E-state index is 12.4. The van der Waals surface area contributed by atoms with Crippen LogP contribution >= 0.6 is 0 Å². The van der Waals surface area contributed by atoms with E-state index in [1.807, 2.05) is 20.8 Å². The average molecular weight is 268 g/mol. The molecule has 0 aliphatic rings. The lowest BCUT2D eigenvalue weighted by Crippen LogP contribution is -2.32. The number of hydrogen-bond acceptors (Lipinski definition) is 4. The Kier molecular flexibility index (Phi) is 5.35. The third-order valence-electron chi connectivity index (χ3n) is 2.90. The van der Waals surface area contributed by atoms with Gasteiger partial charge in [-0.15, -0.1) is 0 Å². The van der Waals surface area contributed by atoms with Crippen LogP contribution in [0.15, 0.2) is 0 Å². The maximum Gasteiger partial charge on any atom is 0.274 e.